The van der Waals surface area contributed by atoms with Gasteiger partial charge in [-0.3, -0.25) is 4.90 Å². The van der Waals surface area contributed by atoms with E-state index in [1.165, 1.54) is 0 Å². The number of rotatable bonds is 2. The van der Waals surface area contributed by atoms with E-state index < -0.39 is 0 Å². The Morgan fingerprint density at radius 1 is 1.56 bits per heavy atom. The van der Waals surface area contributed by atoms with Crippen molar-refractivity contribution in [3.63, 3.8) is 0 Å². The standard InChI is InChI=1S/C12H16BrFN2/c1-8-12(15)4-5-16(8)7-9-2-3-10(13)11(14)6-9/h2-3,6,8,12H,4-5,7,15H2,1H3. The molecule has 2 rings (SSSR count). The second kappa shape index (κ2) is 4.82. The molecule has 1 aromatic carbocycles. The molecule has 1 fully saturated rings. The molecule has 2 atom stereocenters. The van der Waals surface area contributed by atoms with Gasteiger partial charge in [0.05, 0.1) is 4.47 Å². The molecular weight excluding hydrogens is 271 g/mol. The van der Waals surface area contributed by atoms with E-state index in [9.17, 15) is 4.39 Å². The summed E-state index contributed by atoms with van der Waals surface area (Å²) in [7, 11) is 0. The summed E-state index contributed by atoms with van der Waals surface area (Å²) >= 11 is 3.15. The Morgan fingerprint density at radius 2 is 2.31 bits per heavy atom. The SMILES string of the molecule is CC1C(N)CCN1Cc1ccc(Br)c(F)c1. The van der Waals surface area contributed by atoms with E-state index in [4.69, 9.17) is 5.73 Å². The first-order valence-electron chi connectivity index (χ1n) is 5.51. The van der Waals surface area contributed by atoms with Gasteiger partial charge in [0, 0.05) is 25.2 Å². The first-order valence-corrected chi connectivity index (χ1v) is 6.31. The molecule has 1 saturated heterocycles. The van der Waals surface area contributed by atoms with Crippen LogP contribution >= 0.6 is 15.9 Å². The topological polar surface area (TPSA) is 29.3 Å². The zero-order valence-corrected chi connectivity index (χ0v) is 10.9. The third-order valence-corrected chi connectivity index (χ3v) is 3.96. The van der Waals surface area contributed by atoms with Gasteiger partial charge in [-0.2, -0.15) is 0 Å². The van der Waals surface area contributed by atoms with Crippen LogP contribution in [0.3, 0.4) is 0 Å². The molecule has 1 aromatic rings. The maximum absolute atomic E-state index is 13.3. The molecule has 0 bridgehead atoms. The average molecular weight is 287 g/mol. The summed E-state index contributed by atoms with van der Waals surface area (Å²) in [6, 6.07) is 5.92. The molecule has 1 heterocycles. The lowest BCUT2D eigenvalue weighted by atomic mass is 10.1. The molecule has 0 radical (unpaired) electrons. The number of nitrogens with two attached hydrogens (primary N) is 1. The molecule has 88 valence electrons. The van der Waals surface area contributed by atoms with Crippen LogP contribution in [0.1, 0.15) is 18.9 Å². The zero-order valence-electron chi connectivity index (χ0n) is 9.29. The Kier molecular flexibility index (Phi) is 3.62. The van der Waals surface area contributed by atoms with Crippen LogP contribution < -0.4 is 5.73 Å². The van der Waals surface area contributed by atoms with Gasteiger partial charge in [-0.05, 0) is 47.0 Å². The van der Waals surface area contributed by atoms with Gasteiger partial charge in [-0.25, -0.2) is 4.39 Å². The molecular formula is C12H16BrFN2. The smallest absolute Gasteiger partial charge is 0.137 e. The summed E-state index contributed by atoms with van der Waals surface area (Å²) in [5.74, 6) is -0.200. The zero-order chi connectivity index (χ0) is 11.7. The van der Waals surface area contributed by atoms with Gasteiger partial charge in [0.15, 0.2) is 0 Å². The van der Waals surface area contributed by atoms with Crippen LogP contribution in [-0.4, -0.2) is 23.5 Å². The number of hydrogen-bond donors (Lipinski definition) is 1. The van der Waals surface area contributed by atoms with Crippen molar-refractivity contribution in [1.29, 1.82) is 0 Å². The lowest BCUT2D eigenvalue weighted by molar-refractivity contribution is 0.251. The third kappa shape index (κ3) is 2.44. The molecule has 0 amide bonds. The molecule has 0 spiro atoms. The Labute approximate surface area is 104 Å². The van der Waals surface area contributed by atoms with Crippen LogP contribution in [0.15, 0.2) is 22.7 Å². The second-order valence-electron chi connectivity index (χ2n) is 4.41. The number of halogens is 2. The highest BCUT2D eigenvalue weighted by atomic mass is 79.9. The van der Waals surface area contributed by atoms with Crippen molar-refractivity contribution in [2.75, 3.05) is 6.54 Å². The molecule has 1 aliphatic rings. The van der Waals surface area contributed by atoms with Crippen molar-refractivity contribution in [2.24, 2.45) is 5.73 Å². The van der Waals surface area contributed by atoms with Crippen molar-refractivity contribution in [1.82, 2.24) is 4.90 Å². The van der Waals surface area contributed by atoms with E-state index in [1.807, 2.05) is 6.07 Å². The van der Waals surface area contributed by atoms with Crippen LogP contribution in [-0.2, 0) is 6.54 Å². The van der Waals surface area contributed by atoms with Crippen molar-refractivity contribution < 1.29 is 4.39 Å². The van der Waals surface area contributed by atoms with Gasteiger partial charge < -0.3 is 5.73 Å². The van der Waals surface area contributed by atoms with E-state index in [1.54, 1.807) is 12.1 Å². The predicted molar refractivity (Wildman–Crippen MR) is 66.6 cm³/mol. The number of nitrogens with zero attached hydrogens (tertiary/aromatic N) is 1. The molecule has 0 aromatic heterocycles. The van der Waals surface area contributed by atoms with Gasteiger partial charge in [-0.15, -0.1) is 0 Å². The van der Waals surface area contributed by atoms with Crippen LogP contribution in [0, 0.1) is 5.82 Å². The molecule has 0 saturated carbocycles. The van der Waals surface area contributed by atoms with Crippen molar-refractivity contribution >= 4 is 15.9 Å². The first-order chi connectivity index (χ1) is 7.58. The van der Waals surface area contributed by atoms with Gasteiger partial charge in [0.2, 0.25) is 0 Å². The first kappa shape index (κ1) is 12.0. The molecule has 1 aliphatic heterocycles. The highest BCUT2D eigenvalue weighted by Gasteiger charge is 2.27. The fraction of sp³-hybridized carbons (Fsp3) is 0.500. The van der Waals surface area contributed by atoms with Gasteiger partial charge >= 0.3 is 0 Å². The fourth-order valence-corrected chi connectivity index (χ4v) is 2.37. The maximum Gasteiger partial charge on any atom is 0.137 e. The Balaban J connectivity index is 2.07. The predicted octanol–water partition coefficient (Wildman–Crippen LogP) is 2.51. The van der Waals surface area contributed by atoms with E-state index in [2.05, 4.69) is 27.8 Å². The van der Waals surface area contributed by atoms with E-state index in [-0.39, 0.29) is 11.9 Å². The van der Waals surface area contributed by atoms with Crippen molar-refractivity contribution in [2.45, 2.75) is 32.0 Å². The monoisotopic (exact) mass is 286 g/mol. The van der Waals surface area contributed by atoms with E-state index in [0.29, 0.717) is 10.5 Å². The van der Waals surface area contributed by atoms with Crippen LogP contribution in [0.2, 0.25) is 0 Å². The normalized spacial score (nSPS) is 26.2. The highest BCUT2D eigenvalue weighted by molar-refractivity contribution is 9.10. The highest BCUT2D eigenvalue weighted by Crippen LogP contribution is 2.21. The molecule has 2 unspecified atom stereocenters. The average Bonchev–Trinajstić information content (AvgIpc) is 2.55. The van der Waals surface area contributed by atoms with Crippen LogP contribution in [0.4, 0.5) is 4.39 Å². The quantitative estimate of drug-likeness (QED) is 0.905. The second-order valence-corrected chi connectivity index (χ2v) is 5.27. The number of hydrogen-bond acceptors (Lipinski definition) is 2. The summed E-state index contributed by atoms with van der Waals surface area (Å²) in [6.07, 6.45) is 1.03. The van der Waals surface area contributed by atoms with Gasteiger partial charge in [-0.1, -0.05) is 6.07 Å². The summed E-state index contributed by atoms with van der Waals surface area (Å²) in [4.78, 5) is 2.30. The molecule has 2 nitrogen and oxygen atoms in total. The minimum atomic E-state index is -0.200. The maximum atomic E-state index is 13.3. The Bertz CT molecular complexity index is 383. The Morgan fingerprint density at radius 3 is 2.88 bits per heavy atom. The summed E-state index contributed by atoms with van der Waals surface area (Å²) < 4.78 is 13.9. The lowest BCUT2D eigenvalue weighted by Gasteiger charge is -2.22. The molecule has 0 aliphatic carbocycles. The summed E-state index contributed by atoms with van der Waals surface area (Å²) in [6.45, 7) is 3.91. The molecule has 2 N–H and O–H groups in total. The number of benzene rings is 1. The van der Waals surface area contributed by atoms with Crippen LogP contribution in [0.25, 0.3) is 0 Å². The molecule has 16 heavy (non-hydrogen) atoms. The van der Waals surface area contributed by atoms with Crippen molar-refractivity contribution in [3.8, 4) is 0 Å². The number of likely N-dealkylation sites (tertiary alicyclic amines) is 1. The minimum absolute atomic E-state index is 0.200. The van der Waals surface area contributed by atoms with E-state index >= 15 is 0 Å². The molecule has 4 heteroatoms. The van der Waals surface area contributed by atoms with Gasteiger partial charge in [0.25, 0.3) is 0 Å². The largest absolute Gasteiger partial charge is 0.326 e. The third-order valence-electron chi connectivity index (χ3n) is 3.31. The van der Waals surface area contributed by atoms with E-state index in [0.717, 1.165) is 25.1 Å². The van der Waals surface area contributed by atoms with Gasteiger partial charge in [0.1, 0.15) is 5.82 Å². The summed E-state index contributed by atoms with van der Waals surface area (Å²) in [5.41, 5.74) is 6.95. The Hall–Kier alpha value is -0.450. The minimum Gasteiger partial charge on any atom is -0.326 e. The van der Waals surface area contributed by atoms with Crippen molar-refractivity contribution in [3.05, 3.63) is 34.1 Å². The van der Waals surface area contributed by atoms with Crippen LogP contribution in [0.5, 0.6) is 0 Å². The summed E-state index contributed by atoms with van der Waals surface area (Å²) in [5, 5.41) is 0. The fourth-order valence-electron chi connectivity index (χ4n) is 2.13. The lowest BCUT2D eigenvalue weighted by Crippen LogP contribution is -2.36.